The molecule has 0 N–H and O–H groups in total. The third kappa shape index (κ3) is 6.71. The average Bonchev–Trinajstić information content (AvgIpc) is 2.81. The summed E-state index contributed by atoms with van der Waals surface area (Å²) in [5, 5.41) is 0. The van der Waals surface area contributed by atoms with Gasteiger partial charge in [0, 0.05) is 0 Å². The number of ether oxygens (including phenoxy) is 3. The molecule has 0 saturated carbocycles. The van der Waals surface area contributed by atoms with Crippen molar-refractivity contribution < 1.29 is 23.8 Å². The Balaban J connectivity index is 1.61. The minimum Gasteiger partial charge on any atom is -0.462 e. The summed E-state index contributed by atoms with van der Waals surface area (Å²) in [4.78, 5) is 25.0. The van der Waals surface area contributed by atoms with E-state index in [9.17, 15) is 9.59 Å². The molecule has 0 radical (unpaired) electrons. The van der Waals surface area contributed by atoms with Crippen LogP contribution >= 0.6 is 0 Å². The first-order valence-electron chi connectivity index (χ1n) is 10.4. The molecule has 31 heavy (non-hydrogen) atoms. The molecule has 5 heteroatoms. The molecule has 0 aliphatic rings. The first kappa shape index (κ1) is 22.1. The number of benzene rings is 3. The van der Waals surface area contributed by atoms with Crippen LogP contribution in [0.15, 0.2) is 78.9 Å². The quantitative estimate of drug-likeness (QED) is 0.290. The summed E-state index contributed by atoms with van der Waals surface area (Å²) in [6, 6.07) is 23.3. The Kier molecular flexibility index (Phi) is 8.23. The maximum atomic E-state index is 12.6. The summed E-state index contributed by atoms with van der Waals surface area (Å²) in [5.41, 5.74) is 1.19. The molecule has 0 fully saturated rings. The molecule has 0 atom stereocenters. The molecule has 0 amide bonds. The molecule has 3 aromatic carbocycles. The number of para-hydroxylation sites is 1. The van der Waals surface area contributed by atoms with E-state index in [0.29, 0.717) is 12.4 Å². The van der Waals surface area contributed by atoms with Crippen LogP contribution < -0.4 is 4.74 Å². The van der Waals surface area contributed by atoms with E-state index < -0.39 is 11.9 Å². The average molecular weight is 418 g/mol. The molecule has 5 nitrogen and oxygen atoms in total. The van der Waals surface area contributed by atoms with Crippen molar-refractivity contribution >= 4 is 11.9 Å². The molecule has 0 aliphatic carbocycles. The van der Waals surface area contributed by atoms with E-state index in [0.717, 1.165) is 30.6 Å². The van der Waals surface area contributed by atoms with Gasteiger partial charge in [-0.15, -0.1) is 0 Å². The lowest BCUT2D eigenvalue weighted by Crippen LogP contribution is -2.14. The van der Waals surface area contributed by atoms with Crippen molar-refractivity contribution in [2.24, 2.45) is 0 Å². The molecule has 0 spiro atoms. The highest BCUT2D eigenvalue weighted by Crippen LogP contribution is 2.22. The van der Waals surface area contributed by atoms with Crippen LogP contribution in [0.4, 0.5) is 0 Å². The van der Waals surface area contributed by atoms with Crippen LogP contribution in [-0.4, -0.2) is 18.5 Å². The molecule has 3 aromatic rings. The van der Waals surface area contributed by atoms with Crippen LogP contribution in [0.5, 0.6) is 11.5 Å². The van der Waals surface area contributed by atoms with E-state index in [-0.39, 0.29) is 17.7 Å². The summed E-state index contributed by atoms with van der Waals surface area (Å²) in [7, 11) is 0. The van der Waals surface area contributed by atoms with Crippen LogP contribution in [0.3, 0.4) is 0 Å². The van der Waals surface area contributed by atoms with Gasteiger partial charge in [0.05, 0.1) is 17.7 Å². The van der Waals surface area contributed by atoms with Gasteiger partial charge in [-0.1, -0.05) is 62.2 Å². The Labute approximate surface area is 182 Å². The van der Waals surface area contributed by atoms with Gasteiger partial charge in [-0.05, 0) is 48.4 Å². The third-order valence-corrected chi connectivity index (χ3v) is 4.60. The molecule has 0 bridgehead atoms. The van der Waals surface area contributed by atoms with Crippen molar-refractivity contribution in [3.63, 3.8) is 0 Å². The highest BCUT2D eigenvalue weighted by atomic mass is 16.5. The second kappa shape index (κ2) is 11.6. The van der Waals surface area contributed by atoms with E-state index in [2.05, 4.69) is 6.92 Å². The van der Waals surface area contributed by atoms with Crippen molar-refractivity contribution in [2.45, 2.75) is 32.8 Å². The zero-order valence-electron chi connectivity index (χ0n) is 17.6. The van der Waals surface area contributed by atoms with Gasteiger partial charge in [-0.3, -0.25) is 0 Å². The van der Waals surface area contributed by atoms with Crippen molar-refractivity contribution in [1.29, 1.82) is 0 Å². The summed E-state index contributed by atoms with van der Waals surface area (Å²) in [6.45, 7) is 2.48. The van der Waals surface area contributed by atoms with E-state index >= 15 is 0 Å². The van der Waals surface area contributed by atoms with Gasteiger partial charge in [-0.2, -0.15) is 0 Å². The fraction of sp³-hybridized carbons (Fsp3) is 0.231. The lowest BCUT2D eigenvalue weighted by molar-refractivity contribution is 0.0436. The molecule has 3 rings (SSSR count). The first-order valence-corrected chi connectivity index (χ1v) is 10.4. The number of esters is 2. The summed E-state index contributed by atoms with van der Waals surface area (Å²) in [5.74, 6) is 0.288. The standard InChI is InChI=1S/C26H26O5/c1-2-3-9-17-29-25(27)23-15-7-8-16-24(23)26(28)30-19-20-11-10-14-22(18-20)31-21-12-5-4-6-13-21/h4-8,10-16,18H,2-3,9,17,19H2,1H3. The second-order valence-corrected chi connectivity index (χ2v) is 7.03. The maximum absolute atomic E-state index is 12.6. The van der Waals surface area contributed by atoms with Crippen molar-refractivity contribution in [3.05, 3.63) is 95.6 Å². The first-order chi connectivity index (χ1) is 15.2. The monoisotopic (exact) mass is 418 g/mol. The van der Waals surface area contributed by atoms with Gasteiger partial charge in [0.1, 0.15) is 18.1 Å². The largest absolute Gasteiger partial charge is 0.462 e. The topological polar surface area (TPSA) is 61.8 Å². The van der Waals surface area contributed by atoms with E-state index in [1.54, 1.807) is 24.3 Å². The van der Waals surface area contributed by atoms with Crippen LogP contribution in [0.2, 0.25) is 0 Å². The number of rotatable bonds is 10. The Morgan fingerprint density at radius 2 is 1.35 bits per heavy atom. The molecular formula is C26H26O5. The van der Waals surface area contributed by atoms with Gasteiger partial charge in [0.15, 0.2) is 0 Å². The minimum absolute atomic E-state index is 0.0602. The van der Waals surface area contributed by atoms with Crippen molar-refractivity contribution in [2.75, 3.05) is 6.61 Å². The zero-order chi connectivity index (χ0) is 21.9. The minimum atomic E-state index is -0.574. The number of carbonyl (C=O) groups excluding carboxylic acids is 2. The fourth-order valence-corrected chi connectivity index (χ4v) is 2.98. The SMILES string of the molecule is CCCCCOC(=O)c1ccccc1C(=O)OCc1cccc(Oc2ccccc2)c1. The number of carbonyl (C=O) groups is 2. The Morgan fingerprint density at radius 1 is 0.710 bits per heavy atom. The molecule has 0 aliphatic heterocycles. The van der Waals surface area contributed by atoms with Gasteiger partial charge in [-0.25, -0.2) is 9.59 Å². The number of unbranched alkanes of at least 4 members (excludes halogenated alkanes) is 2. The van der Waals surface area contributed by atoms with Crippen LogP contribution in [0.1, 0.15) is 52.5 Å². The van der Waals surface area contributed by atoms with Crippen molar-refractivity contribution in [1.82, 2.24) is 0 Å². The third-order valence-electron chi connectivity index (χ3n) is 4.60. The number of hydrogen-bond acceptors (Lipinski definition) is 5. The molecule has 0 heterocycles. The summed E-state index contributed by atoms with van der Waals surface area (Å²) in [6.07, 6.45) is 2.83. The highest BCUT2D eigenvalue weighted by Gasteiger charge is 2.19. The smallest absolute Gasteiger partial charge is 0.339 e. The van der Waals surface area contributed by atoms with Gasteiger partial charge in [0.2, 0.25) is 0 Å². The number of hydrogen-bond donors (Lipinski definition) is 0. The lowest BCUT2D eigenvalue weighted by atomic mass is 10.1. The molecular weight excluding hydrogens is 392 g/mol. The lowest BCUT2D eigenvalue weighted by Gasteiger charge is -2.11. The molecule has 0 saturated heterocycles. The van der Waals surface area contributed by atoms with E-state index in [1.165, 1.54) is 0 Å². The maximum Gasteiger partial charge on any atom is 0.339 e. The second-order valence-electron chi connectivity index (χ2n) is 7.03. The molecule has 0 unspecified atom stereocenters. The molecule has 160 valence electrons. The van der Waals surface area contributed by atoms with Crippen molar-refractivity contribution in [3.8, 4) is 11.5 Å². The summed E-state index contributed by atoms with van der Waals surface area (Å²) >= 11 is 0. The van der Waals surface area contributed by atoms with E-state index in [1.807, 2.05) is 54.6 Å². The predicted molar refractivity (Wildman–Crippen MR) is 118 cm³/mol. The van der Waals surface area contributed by atoms with Gasteiger partial charge >= 0.3 is 11.9 Å². The van der Waals surface area contributed by atoms with Crippen LogP contribution in [0, 0.1) is 0 Å². The Hall–Kier alpha value is -3.60. The van der Waals surface area contributed by atoms with Gasteiger partial charge in [0.25, 0.3) is 0 Å². The Morgan fingerprint density at radius 3 is 2.06 bits per heavy atom. The van der Waals surface area contributed by atoms with Crippen LogP contribution in [-0.2, 0) is 16.1 Å². The Bertz CT molecular complexity index is 997. The fourth-order valence-electron chi connectivity index (χ4n) is 2.98. The van der Waals surface area contributed by atoms with E-state index in [4.69, 9.17) is 14.2 Å². The zero-order valence-corrected chi connectivity index (χ0v) is 17.6. The molecule has 0 aromatic heterocycles. The summed E-state index contributed by atoms with van der Waals surface area (Å²) < 4.78 is 16.6. The van der Waals surface area contributed by atoms with Gasteiger partial charge < -0.3 is 14.2 Å². The van der Waals surface area contributed by atoms with Crippen LogP contribution in [0.25, 0.3) is 0 Å². The normalized spacial score (nSPS) is 10.4. The predicted octanol–water partition coefficient (Wildman–Crippen LogP) is 6.18. The highest BCUT2D eigenvalue weighted by molar-refractivity contribution is 6.03.